The number of nitrogens with zero attached hydrogens (tertiary/aromatic N) is 4. The van der Waals surface area contributed by atoms with Crippen LogP contribution in [-0.4, -0.2) is 19.1 Å². The fourth-order valence-corrected chi connectivity index (χ4v) is 4.39. The summed E-state index contributed by atoms with van der Waals surface area (Å²) < 4.78 is 10.5. The van der Waals surface area contributed by atoms with Crippen LogP contribution in [-0.2, 0) is 17.8 Å². The summed E-state index contributed by atoms with van der Waals surface area (Å²) in [6, 6.07) is 10.8. The second-order valence-corrected chi connectivity index (χ2v) is 8.65. The van der Waals surface area contributed by atoms with Gasteiger partial charge in [0.25, 0.3) is 0 Å². The molecule has 4 aromatic rings. The van der Waals surface area contributed by atoms with E-state index in [-0.39, 0.29) is 12.2 Å². The Morgan fingerprint density at radius 3 is 1.52 bits per heavy atom. The van der Waals surface area contributed by atoms with Gasteiger partial charge in [-0.15, -0.1) is 0 Å². The Balaban J connectivity index is 1.71. The molecule has 0 saturated heterocycles. The predicted octanol–water partition coefficient (Wildman–Crippen LogP) is 6.89. The maximum atomic E-state index is 6.66. The van der Waals surface area contributed by atoms with Crippen LogP contribution in [0.2, 0.25) is 20.1 Å². The zero-order valence-electron chi connectivity index (χ0n) is 16.2. The normalized spacial score (nSPS) is 13.3. The van der Waals surface area contributed by atoms with Crippen molar-refractivity contribution in [3.05, 3.63) is 105 Å². The van der Waals surface area contributed by atoms with Crippen molar-refractivity contribution in [1.82, 2.24) is 19.1 Å². The molecule has 0 aliphatic rings. The van der Waals surface area contributed by atoms with Crippen LogP contribution in [0.5, 0.6) is 0 Å². The molecule has 5 nitrogen and oxygen atoms in total. The largest absolute Gasteiger partial charge is 0.362 e. The van der Waals surface area contributed by atoms with Gasteiger partial charge in [-0.1, -0.05) is 58.5 Å². The van der Waals surface area contributed by atoms with Crippen LogP contribution in [0.1, 0.15) is 23.3 Å². The van der Waals surface area contributed by atoms with Crippen LogP contribution in [0, 0.1) is 0 Å². The van der Waals surface area contributed by atoms with Crippen molar-refractivity contribution in [3.8, 4) is 0 Å². The van der Waals surface area contributed by atoms with E-state index in [0.717, 1.165) is 11.1 Å². The van der Waals surface area contributed by atoms with Crippen LogP contribution in [0.4, 0.5) is 0 Å². The lowest BCUT2D eigenvalue weighted by Gasteiger charge is -2.27. The third-order valence-electron chi connectivity index (χ3n) is 4.82. The SMILES string of the molecule is Clc1ccc(C(Cn2ccnc2)OC(Cn2ccnc2)c2ccc(Cl)cc2Cl)c(Cl)c1. The highest BCUT2D eigenvalue weighted by molar-refractivity contribution is 6.35. The van der Waals surface area contributed by atoms with Gasteiger partial charge in [0.15, 0.2) is 0 Å². The smallest absolute Gasteiger partial charge is 0.103 e. The van der Waals surface area contributed by atoms with Crippen molar-refractivity contribution in [2.75, 3.05) is 0 Å². The maximum Gasteiger partial charge on any atom is 0.103 e. The number of hydrogen-bond acceptors (Lipinski definition) is 3. The maximum absolute atomic E-state index is 6.66. The van der Waals surface area contributed by atoms with Gasteiger partial charge in [-0.3, -0.25) is 0 Å². The zero-order chi connectivity index (χ0) is 21.8. The third-order valence-corrected chi connectivity index (χ3v) is 5.94. The van der Waals surface area contributed by atoms with Crippen LogP contribution in [0.25, 0.3) is 0 Å². The molecule has 160 valence electrons. The molecule has 2 aromatic carbocycles. The molecule has 2 aromatic heterocycles. The van der Waals surface area contributed by atoms with E-state index >= 15 is 0 Å². The lowest BCUT2D eigenvalue weighted by molar-refractivity contribution is -0.0325. The van der Waals surface area contributed by atoms with Gasteiger partial charge in [-0.05, 0) is 24.3 Å². The molecule has 9 heteroatoms. The van der Waals surface area contributed by atoms with Crippen molar-refractivity contribution < 1.29 is 4.74 Å². The van der Waals surface area contributed by atoms with E-state index in [1.165, 1.54) is 0 Å². The first-order valence-electron chi connectivity index (χ1n) is 9.46. The number of rotatable bonds is 8. The molecule has 0 radical (unpaired) electrons. The molecule has 0 bridgehead atoms. The summed E-state index contributed by atoms with van der Waals surface area (Å²) >= 11 is 25.3. The second-order valence-electron chi connectivity index (χ2n) is 6.96. The zero-order valence-corrected chi connectivity index (χ0v) is 19.2. The predicted molar refractivity (Wildman–Crippen MR) is 124 cm³/mol. The van der Waals surface area contributed by atoms with E-state index in [0.29, 0.717) is 33.2 Å². The summed E-state index contributed by atoms with van der Waals surface area (Å²) in [7, 11) is 0. The Morgan fingerprint density at radius 1 is 0.710 bits per heavy atom. The molecule has 0 aliphatic carbocycles. The first-order valence-corrected chi connectivity index (χ1v) is 11.0. The lowest BCUT2D eigenvalue weighted by Crippen LogP contribution is -2.19. The van der Waals surface area contributed by atoms with Crippen LogP contribution < -0.4 is 0 Å². The Kier molecular flexibility index (Phi) is 7.20. The highest BCUT2D eigenvalue weighted by Gasteiger charge is 2.25. The van der Waals surface area contributed by atoms with Gasteiger partial charge in [0.1, 0.15) is 12.2 Å². The van der Waals surface area contributed by atoms with Crippen molar-refractivity contribution in [2.45, 2.75) is 25.3 Å². The van der Waals surface area contributed by atoms with Gasteiger partial charge in [0.2, 0.25) is 0 Å². The minimum Gasteiger partial charge on any atom is -0.362 e. The fourth-order valence-electron chi connectivity index (χ4n) is 3.33. The van der Waals surface area contributed by atoms with Crippen molar-refractivity contribution in [1.29, 1.82) is 0 Å². The fraction of sp³-hybridized carbons (Fsp3) is 0.182. The van der Waals surface area contributed by atoms with Crippen LogP contribution >= 0.6 is 46.4 Å². The average Bonchev–Trinajstić information content (AvgIpc) is 3.41. The van der Waals surface area contributed by atoms with Gasteiger partial charge in [-0.25, -0.2) is 9.97 Å². The molecular formula is C22H18Cl4N4O. The van der Waals surface area contributed by atoms with Crippen molar-refractivity contribution in [2.24, 2.45) is 0 Å². The monoisotopic (exact) mass is 494 g/mol. The summed E-state index contributed by atoms with van der Waals surface area (Å²) in [4.78, 5) is 8.27. The Bertz CT molecular complexity index is 1040. The van der Waals surface area contributed by atoms with Crippen LogP contribution in [0.15, 0.2) is 73.8 Å². The molecule has 31 heavy (non-hydrogen) atoms. The standard InChI is InChI=1S/C22H18Cl4N4O/c23-15-1-3-17(19(25)9-15)21(11-29-7-5-27-13-29)31-22(12-30-8-6-28-14-30)18-4-2-16(24)10-20(18)26/h1-10,13-14,21-22H,11-12H2. The van der Waals surface area contributed by atoms with E-state index in [9.17, 15) is 0 Å². The molecule has 2 heterocycles. The van der Waals surface area contributed by atoms with Gasteiger partial charge >= 0.3 is 0 Å². The molecule has 2 unspecified atom stereocenters. The third kappa shape index (κ3) is 5.62. The lowest BCUT2D eigenvalue weighted by atomic mass is 10.1. The van der Waals surface area contributed by atoms with Crippen LogP contribution in [0.3, 0.4) is 0 Å². The van der Waals surface area contributed by atoms with Gasteiger partial charge < -0.3 is 13.9 Å². The van der Waals surface area contributed by atoms with Crippen molar-refractivity contribution in [3.63, 3.8) is 0 Å². The summed E-state index contributed by atoms with van der Waals surface area (Å²) in [5.41, 5.74) is 1.64. The van der Waals surface area contributed by atoms with Gasteiger partial charge in [-0.2, -0.15) is 0 Å². The molecule has 0 amide bonds. The molecule has 2 atom stereocenters. The van der Waals surface area contributed by atoms with E-state index in [1.54, 1.807) is 49.3 Å². The van der Waals surface area contributed by atoms with Crippen molar-refractivity contribution >= 4 is 46.4 Å². The topological polar surface area (TPSA) is 44.9 Å². The van der Waals surface area contributed by atoms with E-state index in [4.69, 9.17) is 51.1 Å². The number of halogens is 4. The first kappa shape index (κ1) is 22.2. The summed E-state index contributed by atoms with van der Waals surface area (Å²) in [6.45, 7) is 1.01. The minimum atomic E-state index is -0.390. The number of imidazole rings is 2. The summed E-state index contributed by atoms with van der Waals surface area (Å²) in [5, 5.41) is 2.18. The van der Waals surface area contributed by atoms with E-state index in [2.05, 4.69) is 9.97 Å². The second kappa shape index (κ2) is 10.1. The number of hydrogen-bond donors (Lipinski definition) is 0. The molecule has 0 spiro atoms. The number of aromatic nitrogens is 4. The molecule has 0 N–H and O–H groups in total. The molecule has 0 aliphatic heterocycles. The van der Waals surface area contributed by atoms with E-state index in [1.807, 2.05) is 33.7 Å². The van der Waals surface area contributed by atoms with E-state index < -0.39 is 0 Å². The Labute approximate surface area is 200 Å². The molecule has 0 fully saturated rings. The molecule has 4 rings (SSSR count). The summed E-state index contributed by atoms with van der Waals surface area (Å²) in [5.74, 6) is 0. The first-order chi connectivity index (χ1) is 15.0. The number of ether oxygens (including phenoxy) is 1. The van der Waals surface area contributed by atoms with Gasteiger partial charge in [0, 0.05) is 56.0 Å². The highest BCUT2D eigenvalue weighted by atomic mass is 35.5. The average molecular weight is 496 g/mol. The summed E-state index contributed by atoms with van der Waals surface area (Å²) in [6.07, 6.45) is 9.89. The minimum absolute atomic E-state index is 0.390. The highest BCUT2D eigenvalue weighted by Crippen LogP contribution is 2.37. The Morgan fingerprint density at radius 2 is 1.16 bits per heavy atom. The molecular weight excluding hydrogens is 478 g/mol. The van der Waals surface area contributed by atoms with Gasteiger partial charge in [0.05, 0.1) is 25.7 Å². The number of benzene rings is 2. The quantitative estimate of drug-likeness (QED) is 0.267. The Hall–Kier alpha value is -2.02. The molecule has 0 saturated carbocycles.